The van der Waals surface area contributed by atoms with Crippen LogP contribution < -0.4 is 10.1 Å². The first-order valence-corrected chi connectivity index (χ1v) is 7.40. The SMILES string of the molecule is O=C(O)CCNCc1ccc(OCc2ccc(Cl)cc2)cc1. The first-order chi connectivity index (χ1) is 10.6. The molecule has 2 rings (SSSR count). The highest BCUT2D eigenvalue weighted by molar-refractivity contribution is 6.30. The van der Waals surface area contributed by atoms with E-state index in [1.165, 1.54) is 0 Å². The predicted molar refractivity (Wildman–Crippen MR) is 86.2 cm³/mol. The lowest BCUT2D eigenvalue weighted by atomic mass is 10.2. The molecule has 0 saturated heterocycles. The van der Waals surface area contributed by atoms with Gasteiger partial charge in [-0.3, -0.25) is 4.79 Å². The number of hydrogen-bond acceptors (Lipinski definition) is 3. The van der Waals surface area contributed by atoms with E-state index >= 15 is 0 Å². The Morgan fingerprint density at radius 3 is 2.32 bits per heavy atom. The third-order valence-corrected chi connectivity index (χ3v) is 3.34. The maximum absolute atomic E-state index is 10.4. The van der Waals surface area contributed by atoms with Gasteiger partial charge in [0.25, 0.3) is 0 Å². The Labute approximate surface area is 134 Å². The quantitative estimate of drug-likeness (QED) is 0.731. The van der Waals surface area contributed by atoms with Crippen LogP contribution in [0.4, 0.5) is 0 Å². The molecule has 0 aliphatic rings. The van der Waals surface area contributed by atoms with Crippen molar-refractivity contribution < 1.29 is 14.6 Å². The number of ether oxygens (including phenoxy) is 1. The molecule has 0 heterocycles. The highest BCUT2D eigenvalue weighted by Gasteiger charge is 1.99. The summed E-state index contributed by atoms with van der Waals surface area (Å²) < 4.78 is 5.70. The van der Waals surface area contributed by atoms with Gasteiger partial charge >= 0.3 is 5.97 Å². The molecule has 2 aromatic rings. The van der Waals surface area contributed by atoms with Gasteiger partial charge in [0.2, 0.25) is 0 Å². The summed E-state index contributed by atoms with van der Waals surface area (Å²) in [5.41, 5.74) is 2.15. The fraction of sp³-hybridized carbons (Fsp3) is 0.235. The zero-order valence-electron chi connectivity index (χ0n) is 12.1. The molecule has 22 heavy (non-hydrogen) atoms. The molecule has 0 atom stereocenters. The maximum Gasteiger partial charge on any atom is 0.304 e. The van der Waals surface area contributed by atoms with Crippen LogP contribution in [0, 0.1) is 0 Å². The number of aliphatic carboxylic acids is 1. The second kappa shape index (κ2) is 8.41. The molecule has 0 aliphatic heterocycles. The third-order valence-electron chi connectivity index (χ3n) is 3.09. The van der Waals surface area contributed by atoms with Gasteiger partial charge in [-0.15, -0.1) is 0 Å². The van der Waals surface area contributed by atoms with E-state index in [-0.39, 0.29) is 6.42 Å². The zero-order valence-corrected chi connectivity index (χ0v) is 12.8. The Bertz CT molecular complexity index is 596. The summed E-state index contributed by atoms with van der Waals surface area (Å²) in [6.45, 7) is 1.60. The molecule has 2 aromatic carbocycles. The van der Waals surface area contributed by atoms with Crippen molar-refractivity contribution in [2.24, 2.45) is 0 Å². The van der Waals surface area contributed by atoms with Crippen LogP contribution in [0.3, 0.4) is 0 Å². The van der Waals surface area contributed by atoms with Gasteiger partial charge < -0.3 is 15.2 Å². The summed E-state index contributed by atoms with van der Waals surface area (Å²) in [4.78, 5) is 10.4. The molecular weight excluding hydrogens is 302 g/mol. The summed E-state index contributed by atoms with van der Waals surface area (Å²) in [7, 11) is 0. The molecule has 0 radical (unpaired) electrons. The number of carboxylic acids is 1. The Hall–Kier alpha value is -2.04. The summed E-state index contributed by atoms with van der Waals surface area (Å²) in [5.74, 6) is 0.00248. The molecule has 0 spiro atoms. The fourth-order valence-corrected chi connectivity index (χ4v) is 2.00. The van der Waals surface area contributed by atoms with Gasteiger partial charge in [-0.05, 0) is 35.4 Å². The molecule has 0 saturated carbocycles. The Balaban J connectivity index is 1.76. The van der Waals surface area contributed by atoms with Gasteiger partial charge in [-0.25, -0.2) is 0 Å². The van der Waals surface area contributed by atoms with Crippen LogP contribution in [0.25, 0.3) is 0 Å². The molecule has 0 aromatic heterocycles. The van der Waals surface area contributed by atoms with Gasteiger partial charge in [0, 0.05) is 18.1 Å². The van der Waals surface area contributed by atoms with E-state index in [0.29, 0.717) is 24.7 Å². The monoisotopic (exact) mass is 319 g/mol. The minimum Gasteiger partial charge on any atom is -0.489 e. The smallest absolute Gasteiger partial charge is 0.304 e. The average Bonchev–Trinajstić information content (AvgIpc) is 2.52. The number of carbonyl (C=O) groups is 1. The topological polar surface area (TPSA) is 58.6 Å². The molecule has 116 valence electrons. The van der Waals surface area contributed by atoms with E-state index < -0.39 is 5.97 Å². The molecule has 0 unspecified atom stereocenters. The van der Waals surface area contributed by atoms with Gasteiger partial charge in [-0.1, -0.05) is 35.9 Å². The predicted octanol–water partition coefficient (Wildman–Crippen LogP) is 3.48. The lowest BCUT2D eigenvalue weighted by Gasteiger charge is -2.08. The molecule has 0 fully saturated rings. The standard InChI is InChI=1S/C17H18ClNO3/c18-15-5-1-14(2-6-15)12-22-16-7-3-13(4-8-16)11-19-10-9-17(20)21/h1-8,19H,9-12H2,(H,20,21). The van der Waals surface area contributed by atoms with Crippen LogP contribution in [-0.4, -0.2) is 17.6 Å². The van der Waals surface area contributed by atoms with Crippen molar-refractivity contribution in [3.8, 4) is 5.75 Å². The van der Waals surface area contributed by atoms with E-state index in [1.54, 1.807) is 0 Å². The molecule has 4 nitrogen and oxygen atoms in total. The highest BCUT2D eigenvalue weighted by atomic mass is 35.5. The maximum atomic E-state index is 10.4. The van der Waals surface area contributed by atoms with E-state index in [4.69, 9.17) is 21.4 Å². The Morgan fingerprint density at radius 1 is 1.05 bits per heavy atom. The molecule has 0 amide bonds. The normalized spacial score (nSPS) is 10.4. The largest absolute Gasteiger partial charge is 0.489 e. The summed E-state index contributed by atoms with van der Waals surface area (Å²) >= 11 is 5.84. The van der Waals surface area contributed by atoms with Crippen molar-refractivity contribution in [1.29, 1.82) is 0 Å². The second-order valence-electron chi connectivity index (χ2n) is 4.88. The first-order valence-electron chi connectivity index (χ1n) is 7.02. The summed E-state index contributed by atoms with van der Waals surface area (Å²) in [6, 6.07) is 15.3. The van der Waals surface area contributed by atoms with Crippen molar-refractivity contribution in [2.45, 2.75) is 19.6 Å². The fourth-order valence-electron chi connectivity index (χ4n) is 1.88. The van der Waals surface area contributed by atoms with Gasteiger partial charge in [0.05, 0.1) is 6.42 Å². The summed E-state index contributed by atoms with van der Waals surface area (Å²) in [5, 5.41) is 12.3. The zero-order chi connectivity index (χ0) is 15.8. The lowest BCUT2D eigenvalue weighted by molar-refractivity contribution is -0.136. The number of benzene rings is 2. The number of carboxylic acid groups (broad SMARTS) is 1. The molecule has 2 N–H and O–H groups in total. The van der Waals surface area contributed by atoms with Gasteiger partial charge in [0.15, 0.2) is 0 Å². The second-order valence-corrected chi connectivity index (χ2v) is 5.32. The van der Waals surface area contributed by atoms with E-state index in [2.05, 4.69) is 5.32 Å². The van der Waals surface area contributed by atoms with Gasteiger partial charge in [-0.2, -0.15) is 0 Å². The van der Waals surface area contributed by atoms with Gasteiger partial charge in [0.1, 0.15) is 12.4 Å². The number of hydrogen-bond donors (Lipinski definition) is 2. The third kappa shape index (κ3) is 5.76. The van der Waals surface area contributed by atoms with Crippen LogP contribution in [0.5, 0.6) is 5.75 Å². The minimum atomic E-state index is -0.793. The first kappa shape index (κ1) is 16.3. The molecule has 0 bridgehead atoms. The molecule has 0 aliphatic carbocycles. The number of halogens is 1. The van der Waals surface area contributed by atoms with Crippen LogP contribution in [0.1, 0.15) is 17.5 Å². The number of nitrogens with one attached hydrogen (secondary N) is 1. The van der Waals surface area contributed by atoms with Crippen molar-refractivity contribution in [1.82, 2.24) is 5.32 Å². The van der Waals surface area contributed by atoms with E-state index in [0.717, 1.165) is 16.9 Å². The molecular formula is C17H18ClNO3. The van der Waals surface area contributed by atoms with Crippen LogP contribution in [-0.2, 0) is 17.9 Å². The van der Waals surface area contributed by atoms with Crippen molar-refractivity contribution in [3.05, 3.63) is 64.7 Å². The van der Waals surface area contributed by atoms with E-state index in [9.17, 15) is 4.79 Å². The number of rotatable bonds is 8. The van der Waals surface area contributed by atoms with Crippen molar-refractivity contribution in [3.63, 3.8) is 0 Å². The van der Waals surface area contributed by atoms with Crippen LogP contribution in [0.2, 0.25) is 5.02 Å². The Kier molecular flexibility index (Phi) is 6.25. The van der Waals surface area contributed by atoms with Crippen molar-refractivity contribution in [2.75, 3.05) is 6.54 Å². The van der Waals surface area contributed by atoms with Crippen molar-refractivity contribution >= 4 is 17.6 Å². The highest BCUT2D eigenvalue weighted by Crippen LogP contribution is 2.15. The minimum absolute atomic E-state index is 0.127. The Morgan fingerprint density at radius 2 is 1.68 bits per heavy atom. The van der Waals surface area contributed by atoms with E-state index in [1.807, 2.05) is 48.5 Å². The molecule has 5 heteroatoms. The summed E-state index contributed by atoms with van der Waals surface area (Å²) in [6.07, 6.45) is 0.127. The van der Waals surface area contributed by atoms with Crippen LogP contribution in [0.15, 0.2) is 48.5 Å². The average molecular weight is 320 g/mol. The lowest BCUT2D eigenvalue weighted by Crippen LogP contribution is -2.17. The van der Waals surface area contributed by atoms with Crippen LogP contribution >= 0.6 is 11.6 Å².